The van der Waals surface area contributed by atoms with Crippen molar-refractivity contribution >= 4 is 29.1 Å². The lowest BCUT2D eigenvalue weighted by Crippen LogP contribution is -2.10. The standard InChI is InChI=1S/C11H16ClN3O2/c1-2-17-10(16)4-3-5-14-11-9(13)6-8(12)7-15-11/h6-7H,2-5,13H2,1H3,(H,14,15). The maximum Gasteiger partial charge on any atom is 0.305 e. The zero-order chi connectivity index (χ0) is 12.7. The Morgan fingerprint density at radius 2 is 2.41 bits per heavy atom. The quantitative estimate of drug-likeness (QED) is 0.603. The third kappa shape index (κ3) is 4.91. The monoisotopic (exact) mass is 257 g/mol. The molecular weight excluding hydrogens is 242 g/mol. The van der Waals surface area contributed by atoms with Crippen molar-refractivity contribution in [1.82, 2.24) is 4.98 Å². The molecule has 0 aromatic carbocycles. The van der Waals surface area contributed by atoms with Gasteiger partial charge in [0.1, 0.15) is 5.82 Å². The molecule has 0 aliphatic carbocycles. The van der Waals surface area contributed by atoms with Gasteiger partial charge < -0.3 is 15.8 Å². The SMILES string of the molecule is CCOC(=O)CCCNc1ncc(Cl)cc1N. The van der Waals surface area contributed by atoms with Gasteiger partial charge in [-0.3, -0.25) is 4.79 Å². The number of hydrogen-bond acceptors (Lipinski definition) is 5. The summed E-state index contributed by atoms with van der Waals surface area (Å²) in [6.07, 6.45) is 2.57. The lowest BCUT2D eigenvalue weighted by atomic mass is 10.3. The summed E-state index contributed by atoms with van der Waals surface area (Å²) in [5.41, 5.74) is 6.20. The van der Waals surface area contributed by atoms with Crippen LogP contribution < -0.4 is 11.1 Å². The van der Waals surface area contributed by atoms with E-state index in [0.717, 1.165) is 0 Å². The van der Waals surface area contributed by atoms with Crippen LogP contribution in [0.3, 0.4) is 0 Å². The zero-order valence-corrected chi connectivity index (χ0v) is 10.5. The Hall–Kier alpha value is -1.49. The van der Waals surface area contributed by atoms with Crippen molar-refractivity contribution < 1.29 is 9.53 Å². The summed E-state index contributed by atoms with van der Waals surface area (Å²) in [5.74, 6) is 0.393. The topological polar surface area (TPSA) is 77.2 Å². The van der Waals surface area contributed by atoms with E-state index < -0.39 is 0 Å². The minimum atomic E-state index is -0.189. The highest BCUT2D eigenvalue weighted by Crippen LogP contribution is 2.19. The summed E-state index contributed by atoms with van der Waals surface area (Å²) < 4.78 is 4.81. The molecule has 1 aromatic heterocycles. The van der Waals surface area contributed by atoms with E-state index >= 15 is 0 Å². The van der Waals surface area contributed by atoms with Gasteiger partial charge in [-0.1, -0.05) is 11.6 Å². The van der Waals surface area contributed by atoms with E-state index in [4.69, 9.17) is 22.1 Å². The highest BCUT2D eigenvalue weighted by atomic mass is 35.5. The van der Waals surface area contributed by atoms with Crippen molar-refractivity contribution in [3.05, 3.63) is 17.3 Å². The van der Waals surface area contributed by atoms with Crippen LogP contribution in [0.25, 0.3) is 0 Å². The van der Waals surface area contributed by atoms with Crippen LogP contribution in [0.2, 0.25) is 5.02 Å². The smallest absolute Gasteiger partial charge is 0.305 e. The summed E-state index contributed by atoms with van der Waals surface area (Å²) in [4.78, 5) is 15.1. The van der Waals surface area contributed by atoms with Gasteiger partial charge in [-0.15, -0.1) is 0 Å². The van der Waals surface area contributed by atoms with Gasteiger partial charge in [-0.05, 0) is 19.4 Å². The number of aromatic nitrogens is 1. The molecule has 3 N–H and O–H groups in total. The van der Waals surface area contributed by atoms with Gasteiger partial charge in [0, 0.05) is 19.2 Å². The predicted octanol–water partition coefficient (Wildman–Crippen LogP) is 2.07. The first-order valence-electron chi connectivity index (χ1n) is 5.44. The maximum absolute atomic E-state index is 11.1. The number of anilines is 2. The number of nitrogen functional groups attached to an aromatic ring is 1. The summed E-state index contributed by atoms with van der Waals surface area (Å²) in [6, 6.07) is 1.63. The minimum absolute atomic E-state index is 0.189. The Morgan fingerprint density at radius 3 is 3.06 bits per heavy atom. The fourth-order valence-corrected chi connectivity index (χ4v) is 1.44. The minimum Gasteiger partial charge on any atom is -0.466 e. The van der Waals surface area contributed by atoms with Crippen molar-refractivity contribution in [1.29, 1.82) is 0 Å². The molecule has 0 aliphatic heterocycles. The van der Waals surface area contributed by atoms with Crippen LogP contribution in [-0.4, -0.2) is 24.1 Å². The van der Waals surface area contributed by atoms with Crippen LogP contribution in [-0.2, 0) is 9.53 Å². The number of rotatable bonds is 6. The lowest BCUT2D eigenvalue weighted by molar-refractivity contribution is -0.143. The molecule has 1 heterocycles. The van der Waals surface area contributed by atoms with E-state index in [1.807, 2.05) is 0 Å². The van der Waals surface area contributed by atoms with Crippen LogP contribution in [0.15, 0.2) is 12.3 Å². The van der Waals surface area contributed by atoms with Crippen molar-refractivity contribution in [2.24, 2.45) is 0 Å². The van der Waals surface area contributed by atoms with Gasteiger partial charge >= 0.3 is 5.97 Å². The van der Waals surface area contributed by atoms with Crippen molar-refractivity contribution in [2.45, 2.75) is 19.8 Å². The molecule has 6 heteroatoms. The number of carbonyl (C=O) groups is 1. The number of halogens is 1. The number of ether oxygens (including phenoxy) is 1. The molecule has 0 aliphatic rings. The third-order valence-electron chi connectivity index (χ3n) is 2.04. The number of carbonyl (C=O) groups excluding carboxylic acids is 1. The summed E-state index contributed by atoms with van der Waals surface area (Å²) in [6.45, 7) is 2.81. The number of esters is 1. The van der Waals surface area contributed by atoms with Crippen LogP contribution in [0.5, 0.6) is 0 Å². The predicted molar refractivity (Wildman–Crippen MR) is 68.0 cm³/mol. The first-order valence-corrected chi connectivity index (χ1v) is 5.81. The molecule has 0 spiro atoms. The molecule has 0 amide bonds. The molecule has 0 unspecified atom stereocenters. The maximum atomic E-state index is 11.1. The fraction of sp³-hybridized carbons (Fsp3) is 0.455. The Labute approximate surface area is 105 Å². The Bertz CT molecular complexity index is 385. The summed E-state index contributed by atoms with van der Waals surface area (Å²) >= 11 is 5.72. The van der Waals surface area contributed by atoms with Crippen LogP contribution >= 0.6 is 11.6 Å². The first kappa shape index (κ1) is 13.6. The van der Waals surface area contributed by atoms with E-state index in [9.17, 15) is 4.79 Å². The molecule has 17 heavy (non-hydrogen) atoms. The molecule has 1 rings (SSSR count). The van der Waals surface area contributed by atoms with E-state index in [2.05, 4.69) is 10.3 Å². The Balaban J connectivity index is 2.29. The summed E-state index contributed by atoms with van der Waals surface area (Å²) in [7, 11) is 0. The average Bonchev–Trinajstić information content (AvgIpc) is 2.27. The van der Waals surface area contributed by atoms with Gasteiger partial charge in [0.15, 0.2) is 0 Å². The molecule has 1 aromatic rings. The molecule has 5 nitrogen and oxygen atoms in total. The second-order valence-corrected chi connectivity index (χ2v) is 3.86. The number of nitrogens with one attached hydrogen (secondary N) is 1. The fourth-order valence-electron chi connectivity index (χ4n) is 1.28. The van der Waals surface area contributed by atoms with Gasteiger partial charge in [0.05, 0.1) is 17.3 Å². The van der Waals surface area contributed by atoms with E-state index in [-0.39, 0.29) is 5.97 Å². The third-order valence-corrected chi connectivity index (χ3v) is 2.25. The molecule has 94 valence electrons. The van der Waals surface area contributed by atoms with Crippen LogP contribution in [0, 0.1) is 0 Å². The van der Waals surface area contributed by atoms with E-state index in [0.29, 0.717) is 42.5 Å². The normalized spacial score (nSPS) is 10.0. The van der Waals surface area contributed by atoms with Gasteiger partial charge in [-0.25, -0.2) is 4.98 Å². The van der Waals surface area contributed by atoms with E-state index in [1.165, 1.54) is 6.20 Å². The van der Waals surface area contributed by atoms with Crippen LogP contribution in [0.1, 0.15) is 19.8 Å². The number of hydrogen-bond donors (Lipinski definition) is 2. The molecule has 0 fully saturated rings. The molecule has 0 bridgehead atoms. The van der Waals surface area contributed by atoms with E-state index in [1.54, 1.807) is 13.0 Å². The molecular formula is C11H16ClN3O2. The second kappa shape index (κ2) is 6.96. The van der Waals surface area contributed by atoms with Gasteiger partial charge in [-0.2, -0.15) is 0 Å². The number of pyridine rings is 1. The van der Waals surface area contributed by atoms with Gasteiger partial charge in [0.25, 0.3) is 0 Å². The first-order chi connectivity index (χ1) is 8.13. The Morgan fingerprint density at radius 1 is 1.65 bits per heavy atom. The highest BCUT2D eigenvalue weighted by Gasteiger charge is 2.03. The van der Waals surface area contributed by atoms with Crippen LogP contribution in [0.4, 0.5) is 11.5 Å². The number of nitrogens with zero attached hydrogens (tertiary/aromatic N) is 1. The Kier molecular flexibility index (Phi) is 5.56. The summed E-state index contributed by atoms with van der Waals surface area (Å²) in [5, 5.41) is 3.53. The highest BCUT2D eigenvalue weighted by molar-refractivity contribution is 6.30. The van der Waals surface area contributed by atoms with Gasteiger partial charge in [0.2, 0.25) is 0 Å². The molecule has 0 saturated carbocycles. The number of nitrogens with two attached hydrogens (primary N) is 1. The largest absolute Gasteiger partial charge is 0.466 e. The lowest BCUT2D eigenvalue weighted by Gasteiger charge is -2.07. The average molecular weight is 258 g/mol. The molecule has 0 saturated heterocycles. The second-order valence-electron chi connectivity index (χ2n) is 3.43. The van der Waals surface area contributed by atoms with Crippen molar-refractivity contribution in [3.63, 3.8) is 0 Å². The van der Waals surface area contributed by atoms with Crippen molar-refractivity contribution in [2.75, 3.05) is 24.2 Å². The van der Waals surface area contributed by atoms with Crippen molar-refractivity contribution in [3.8, 4) is 0 Å². The zero-order valence-electron chi connectivity index (χ0n) is 9.70. The molecule has 0 atom stereocenters. The molecule has 0 radical (unpaired) electrons.